The topological polar surface area (TPSA) is 89.8 Å². The summed E-state index contributed by atoms with van der Waals surface area (Å²) in [5.74, 6) is 0.254. The molecule has 2 aliphatic carbocycles. The third-order valence-electron chi connectivity index (χ3n) is 5.23. The molecule has 2 aromatic rings. The summed E-state index contributed by atoms with van der Waals surface area (Å²) in [6.07, 6.45) is 3.06. The largest absolute Gasteiger partial charge is 0.497 e. The lowest BCUT2D eigenvalue weighted by Gasteiger charge is -2.29. The molecule has 0 heterocycles. The number of ether oxygens (including phenoxy) is 1. The first-order valence-corrected chi connectivity index (χ1v) is 10.3. The summed E-state index contributed by atoms with van der Waals surface area (Å²) < 4.78 is 33.6. The second-order valence-electron chi connectivity index (χ2n) is 6.91. The van der Waals surface area contributed by atoms with Crippen LogP contribution in [0.2, 0.25) is 0 Å². The van der Waals surface area contributed by atoms with Crippen molar-refractivity contribution in [3.05, 3.63) is 63.7 Å². The number of aryl methyl sites for hydroxylation is 1. The molecule has 0 amide bonds. The fraction of sp³-hybridized carbons (Fsp3) is 0.368. The van der Waals surface area contributed by atoms with Crippen LogP contribution in [0.4, 0.5) is 5.69 Å². The second kappa shape index (κ2) is 6.61. The molecule has 27 heavy (non-hydrogen) atoms. The van der Waals surface area contributed by atoms with Crippen molar-refractivity contribution in [2.45, 2.75) is 42.7 Å². The highest BCUT2D eigenvalue weighted by molar-refractivity contribution is 7.89. The Morgan fingerprint density at radius 2 is 1.89 bits per heavy atom. The summed E-state index contributed by atoms with van der Waals surface area (Å²) in [4.78, 5) is 10.6. The maximum absolute atomic E-state index is 13.5. The Morgan fingerprint density at radius 1 is 1.15 bits per heavy atom. The van der Waals surface area contributed by atoms with Gasteiger partial charge in [0.2, 0.25) is 0 Å². The molecule has 0 saturated heterocycles. The predicted octanol–water partition coefficient (Wildman–Crippen LogP) is 3.44. The van der Waals surface area contributed by atoms with Gasteiger partial charge in [0, 0.05) is 6.04 Å². The highest BCUT2D eigenvalue weighted by Crippen LogP contribution is 2.46. The van der Waals surface area contributed by atoms with Gasteiger partial charge < -0.3 is 4.74 Å². The molecule has 0 aromatic heterocycles. The summed E-state index contributed by atoms with van der Waals surface area (Å²) in [6.45, 7) is 0. The number of fused-ring (bicyclic) bond motifs is 1. The first kappa shape index (κ1) is 17.9. The zero-order valence-electron chi connectivity index (χ0n) is 14.9. The van der Waals surface area contributed by atoms with Crippen LogP contribution in [0, 0.1) is 10.1 Å². The number of benzene rings is 2. The van der Waals surface area contributed by atoms with Gasteiger partial charge in [-0.2, -0.15) is 4.31 Å². The lowest BCUT2D eigenvalue weighted by molar-refractivity contribution is -0.387. The standard InChI is InChI=1S/C19H20N2O5S/c1-26-15-9-11-19(18(12-15)21(22)23)27(24,25)20(14-7-8-14)17-10-6-13-4-2-3-5-16(13)17/h2-5,9,11-12,14,17H,6-8,10H2,1H3. The van der Waals surface area contributed by atoms with E-state index < -0.39 is 20.6 Å². The van der Waals surface area contributed by atoms with E-state index in [4.69, 9.17) is 4.74 Å². The van der Waals surface area contributed by atoms with Crippen LogP contribution in [0.25, 0.3) is 0 Å². The molecule has 0 radical (unpaired) electrons. The minimum atomic E-state index is -4.03. The van der Waals surface area contributed by atoms with E-state index in [0.29, 0.717) is 6.42 Å². The number of hydrogen-bond donors (Lipinski definition) is 0. The Labute approximate surface area is 157 Å². The lowest BCUT2D eigenvalue weighted by atomic mass is 10.1. The van der Waals surface area contributed by atoms with Crippen LogP contribution < -0.4 is 4.74 Å². The zero-order chi connectivity index (χ0) is 19.2. The SMILES string of the molecule is COc1ccc(S(=O)(=O)N(C2CC2)C2CCc3ccccc32)c([N+](=O)[O-])c1. The average Bonchev–Trinajstić information content (AvgIpc) is 3.40. The van der Waals surface area contributed by atoms with Gasteiger partial charge in [0.15, 0.2) is 4.90 Å². The highest BCUT2D eigenvalue weighted by Gasteiger charge is 2.46. The molecule has 1 atom stereocenters. The van der Waals surface area contributed by atoms with Gasteiger partial charge >= 0.3 is 0 Å². The van der Waals surface area contributed by atoms with Crippen molar-refractivity contribution in [2.24, 2.45) is 0 Å². The van der Waals surface area contributed by atoms with Gasteiger partial charge in [0.05, 0.1) is 24.1 Å². The van der Waals surface area contributed by atoms with E-state index in [1.807, 2.05) is 24.3 Å². The van der Waals surface area contributed by atoms with Gasteiger partial charge in [-0.05, 0) is 48.9 Å². The Balaban J connectivity index is 1.82. The van der Waals surface area contributed by atoms with Crippen LogP contribution in [-0.2, 0) is 16.4 Å². The van der Waals surface area contributed by atoms with Crippen molar-refractivity contribution in [3.63, 3.8) is 0 Å². The van der Waals surface area contributed by atoms with Crippen molar-refractivity contribution in [3.8, 4) is 5.75 Å². The highest BCUT2D eigenvalue weighted by atomic mass is 32.2. The fourth-order valence-corrected chi connectivity index (χ4v) is 5.87. The van der Waals surface area contributed by atoms with E-state index in [1.54, 1.807) is 0 Å². The third-order valence-corrected chi connectivity index (χ3v) is 7.24. The minimum Gasteiger partial charge on any atom is -0.497 e. The number of methoxy groups -OCH3 is 1. The molecule has 7 nitrogen and oxygen atoms in total. The number of nitro groups is 1. The van der Waals surface area contributed by atoms with Crippen molar-refractivity contribution < 1.29 is 18.1 Å². The molecule has 2 aliphatic rings. The molecule has 8 heteroatoms. The zero-order valence-corrected chi connectivity index (χ0v) is 15.7. The summed E-state index contributed by atoms with van der Waals surface area (Å²) in [5, 5.41) is 11.5. The van der Waals surface area contributed by atoms with Crippen molar-refractivity contribution in [1.29, 1.82) is 0 Å². The first-order chi connectivity index (χ1) is 12.9. The third kappa shape index (κ3) is 3.08. The second-order valence-corrected chi connectivity index (χ2v) is 8.72. The Hall–Kier alpha value is -2.45. The molecule has 2 aromatic carbocycles. The number of nitro benzene ring substituents is 1. The van der Waals surface area contributed by atoms with E-state index in [9.17, 15) is 18.5 Å². The summed E-state index contributed by atoms with van der Waals surface area (Å²) in [5.41, 5.74) is 1.70. The maximum Gasteiger partial charge on any atom is 0.293 e. The Kier molecular flexibility index (Phi) is 4.39. The molecule has 0 spiro atoms. The maximum atomic E-state index is 13.5. The molecular formula is C19H20N2O5S. The van der Waals surface area contributed by atoms with Gasteiger partial charge in [-0.3, -0.25) is 10.1 Å². The van der Waals surface area contributed by atoms with Crippen LogP contribution >= 0.6 is 0 Å². The monoisotopic (exact) mass is 388 g/mol. The molecule has 0 bridgehead atoms. The number of rotatable bonds is 6. The molecule has 0 N–H and O–H groups in total. The van der Waals surface area contributed by atoms with Crippen LogP contribution in [0.1, 0.15) is 36.4 Å². The Morgan fingerprint density at radius 3 is 2.56 bits per heavy atom. The molecule has 142 valence electrons. The van der Waals surface area contributed by atoms with Gasteiger partial charge in [-0.1, -0.05) is 24.3 Å². The van der Waals surface area contributed by atoms with E-state index in [1.165, 1.54) is 29.6 Å². The normalized spacial score (nSPS) is 19.1. The number of sulfonamides is 1. The molecule has 4 rings (SSSR count). The van der Waals surface area contributed by atoms with Crippen LogP contribution in [-0.4, -0.2) is 30.8 Å². The summed E-state index contributed by atoms with van der Waals surface area (Å²) >= 11 is 0. The lowest BCUT2D eigenvalue weighted by Crippen LogP contribution is -2.36. The number of nitrogens with zero attached hydrogens (tertiary/aromatic N) is 2. The molecule has 1 unspecified atom stereocenters. The van der Waals surface area contributed by atoms with Crippen LogP contribution in [0.5, 0.6) is 5.75 Å². The van der Waals surface area contributed by atoms with Gasteiger partial charge in [-0.15, -0.1) is 0 Å². The molecular weight excluding hydrogens is 368 g/mol. The van der Waals surface area contributed by atoms with Crippen LogP contribution in [0.3, 0.4) is 0 Å². The quantitative estimate of drug-likeness (QED) is 0.558. The van der Waals surface area contributed by atoms with Crippen molar-refractivity contribution in [1.82, 2.24) is 4.31 Å². The van der Waals surface area contributed by atoms with Gasteiger partial charge in [0.1, 0.15) is 5.75 Å². The van der Waals surface area contributed by atoms with E-state index in [0.717, 1.165) is 30.4 Å². The first-order valence-electron chi connectivity index (χ1n) is 8.87. The molecule has 1 fully saturated rings. The van der Waals surface area contributed by atoms with Gasteiger partial charge in [0.25, 0.3) is 15.7 Å². The van der Waals surface area contributed by atoms with Crippen molar-refractivity contribution >= 4 is 15.7 Å². The predicted molar refractivity (Wildman–Crippen MR) is 99.2 cm³/mol. The molecule has 1 saturated carbocycles. The summed E-state index contributed by atoms with van der Waals surface area (Å²) in [7, 11) is -2.64. The van der Waals surface area contributed by atoms with Crippen molar-refractivity contribution in [2.75, 3.05) is 7.11 Å². The van der Waals surface area contributed by atoms with E-state index in [-0.39, 0.29) is 22.7 Å². The average molecular weight is 388 g/mol. The smallest absolute Gasteiger partial charge is 0.293 e. The molecule has 0 aliphatic heterocycles. The Bertz CT molecular complexity index is 1000. The van der Waals surface area contributed by atoms with E-state index >= 15 is 0 Å². The van der Waals surface area contributed by atoms with Gasteiger partial charge in [-0.25, -0.2) is 8.42 Å². The fourth-order valence-electron chi connectivity index (χ4n) is 3.84. The summed E-state index contributed by atoms with van der Waals surface area (Å²) in [6, 6.07) is 11.4. The minimum absolute atomic E-state index is 0.104. The van der Waals surface area contributed by atoms with E-state index in [2.05, 4.69) is 0 Å². The van der Waals surface area contributed by atoms with Crippen LogP contribution in [0.15, 0.2) is 47.4 Å². The number of hydrogen-bond acceptors (Lipinski definition) is 5.